The molecule has 0 unspecified atom stereocenters. The first-order valence-corrected chi connectivity index (χ1v) is 10.6. The van der Waals surface area contributed by atoms with Crippen molar-refractivity contribution >= 4 is 16.8 Å². The Kier molecular flexibility index (Phi) is 5.59. The average molecular weight is 417 g/mol. The maximum absolute atomic E-state index is 13.3. The number of fused-ring (bicyclic) bond motifs is 1. The zero-order chi connectivity index (χ0) is 22.1. The van der Waals surface area contributed by atoms with Crippen molar-refractivity contribution in [3.8, 4) is 11.3 Å². The van der Waals surface area contributed by atoms with E-state index in [0.29, 0.717) is 5.56 Å². The number of rotatable bonds is 6. The molecule has 0 spiro atoms. The second-order valence-electron chi connectivity index (χ2n) is 8.01. The normalized spacial score (nSPS) is 12.3. The van der Waals surface area contributed by atoms with E-state index in [1.165, 1.54) is 5.56 Å². The minimum atomic E-state index is -0.102. The Labute approximate surface area is 182 Å². The molecule has 1 N–H and O–H groups in total. The van der Waals surface area contributed by atoms with Crippen LogP contribution in [0, 0.1) is 13.8 Å². The number of amides is 1. The number of para-hydroxylation sites is 1. The van der Waals surface area contributed by atoms with Gasteiger partial charge in [-0.15, -0.1) is 0 Å². The van der Waals surface area contributed by atoms with Crippen molar-refractivity contribution in [3.63, 3.8) is 0 Å². The van der Waals surface area contributed by atoms with Gasteiger partial charge in [-0.1, -0.05) is 18.2 Å². The standard InChI is InChI=1S/C24H28N6O/c1-6-30-14-18(13-25-30)23-12-21(19-9-7-8-10-22(19)27-23)24(31)26-15(2)11-20-16(3)28-29(5)17(20)4/h7-10,12-15H,6,11H2,1-5H3,(H,26,31)/t15-/m0/s1. The largest absolute Gasteiger partial charge is 0.349 e. The highest BCUT2D eigenvalue weighted by molar-refractivity contribution is 6.07. The molecule has 4 aromatic rings. The van der Waals surface area contributed by atoms with Gasteiger partial charge in [-0.05, 0) is 51.8 Å². The van der Waals surface area contributed by atoms with Crippen LogP contribution in [0.4, 0.5) is 0 Å². The first kappa shape index (κ1) is 20.8. The highest BCUT2D eigenvalue weighted by Crippen LogP contribution is 2.25. The molecule has 31 heavy (non-hydrogen) atoms. The summed E-state index contributed by atoms with van der Waals surface area (Å²) < 4.78 is 3.74. The van der Waals surface area contributed by atoms with E-state index in [9.17, 15) is 4.79 Å². The zero-order valence-electron chi connectivity index (χ0n) is 18.7. The van der Waals surface area contributed by atoms with Gasteiger partial charge < -0.3 is 5.32 Å². The summed E-state index contributed by atoms with van der Waals surface area (Å²) in [5.41, 5.74) is 6.38. The molecule has 7 nitrogen and oxygen atoms in total. The van der Waals surface area contributed by atoms with Gasteiger partial charge in [0.05, 0.1) is 28.7 Å². The smallest absolute Gasteiger partial charge is 0.252 e. The van der Waals surface area contributed by atoms with Gasteiger partial charge in [0.1, 0.15) is 0 Å². The minimum absolute atomic E-state index is 0.0349. The van der Waals surface area contributed by atoms with Crippen molar-refractivity contribution in [1.82, 2.24) is 29.9 Å². The SMILES string of the molecule is CCn1cc(-c2cc(C(=O)N[C@@H](C)Cc3c(C)nn(C)c3C)c3ccccc3n2)cn1. The average Bonchev–Trinajstić information content (AvgIpc) is 3.33. The van der Waals surface area contributed by atoms with Crippen LogP contribution in [0.5, 0.6) is 0 Å². The predicted molar refractivity (Wildman–Crippen MR) is 122 cm³/mol. The number of carbonyl (C=O) groups excluding carboxylic acids is 1. The first-order valence-electron chi connectivity index (χ1n) is 10.6. The second-order valence-corrected chi connectivity index (χ2v) is 8.01. The molecule has 3 aromatic heterocycles. The molecule has 0 radical (unpaired) electrons. The van der Waals surface area contributed by atoms with Crippen LogP contribution in [0.1, 0.15) is 41.2 Å². The zero-order valence-corrected chi connectivity index (χ0v) is 18.7. The molecule has 0 aliphatic heterocycles. The molecule has 0 fully saturated rings. The van der Waals surface area contributed by atoms with Crippen LogP contribution in [0.25, 0.3) is 22.2 Å². The number of hydrogen-bond donors (Lipinski definition) is 1. The van der Waals surface area contributed by atoms with Gasteiger partial charge in [0, 0.05) is 42.5 Å². The maximum atomic E-state index is 13.3. The maximum Gasteiger partial charge on any atom is 0.252 e. The lowest BCUT2D eigenvalue weighted by Crippen LogP contribution is -2.34. The fourth-order valence-corrected chi connectivity index (χ4v) is 3.95. The summed E-state index contributed by atoms with van der Waals surface area (Å²) in [5, 5.41) is 12.8. The fraction of sp³-hybridized carbons (Fsp3) is 0.333. The van der Waals surface area contributed by atoms with Crippen LogP contribution in [0.3, 0.4) is 0 Å². The third-order valence-electron chi connectivity index (χ3n) is 5.76. The number of nitrogens with one attached hydrogen (secondary N) is 1. The summed E-state index contributed by atoms with van der Waals surface area (Å²) in [7, 11) is 1.94. The second kappa shape index (κ2) is 8.34. The minimum Gasteiger partial charge on any atom is -0.349 e. The molecule has 0 saturated heterocycles. The Hall–Kier alpha value is -3.48. The fourth-order valence-electron chi connectivity index (χ4n) is 3.95. The van der Waals surface area contributed by atoms with Crippen LogP contribution in [0.15, 0.2) is 42.7 Å². The van der Waals surface area contributed by atoms with Gasteiger partial charge in [-0.2, -0.15) is 10.2 Å². The Morgan fingerprint density at radius 3 is 2.68 bits per heavy atom. The van der Waals surface area contributed by atoms with Crippen LogP contribution >= 0.6 is 0 Å². The Bertz CT molecular complexity index is 1250. The van der Waals surface area contributed by atoms with Gasteiger partial charge in [0.2, 0.25) is 0 Å². The Morgan fingerprint density at radius 1 is 1.23 bits per heavy atom. The van der Waals surface area contributed by atoms with Crippen molar-refractivity contribution in [2.75, 3.05) is 0 Å². The molecule has 0 aliphatic rings. The summed E-state index contributed by atoms with van der Waals surface area (Å²) in [6, 6.07) is 9.57. The van der Waals surface area contributed by atoms with Crippen molar-refractivity contribution in [2.45, 2.75) is 46.7 Å². The van der Waals surface area contributed by atoms with E-state index in [1.807, 2.05) is 73.7 Å². The third kappa shape index (κ3) is 4.08. The van der Waals surface area contributed by atoms with Gasteiger partial charge in [0.25, 0.3) is 5.91 Å². The van der Waals surface area contributed by atoms with E-state index in [4.69, 9.17) is 4.98 Å². The summed E-state index contributed by atoms with van der Waals surface area (Å²) in [4.78, 5) is 18.1. The van der Waals surface area contributed by atoms with E-state index < -0.39 is 0 Å². The van der Waals surface area contributed by atoms with E-state index in [1.54, 1.807) is 6.20 Å². The number of aryl methyl sites for hydroxylation is 3. The van der Waals surface area contributed by atoms with E-state index >= 15 is 0 Å². The van der Waals surface area contributed by atoms with Crippen LogP contribution < -0.4 is 5.32 Å². The molecule has 160 valence electrons. The number of hydrogen-bond acceptors (Lipinski definition) is 4. The Morgan fingerprint density at radius 2 is 2.00 bits per heavy atom. The number of pyridine rings is 1. The van der Waals surface area contributed by atoms with Crippen LogP contribution in [0.2, 0.25) is 0 Å². The predicted octanol–water partition coefficient (Wildman–Crippen LogP) is 3.83. The number of carbonyl (C=O) groups is 1. The van der Waals surface area contributed by atoms with Gasteiger partial charge in [-0.3, -0.25) is 14.2 Å². The lowest BCUT2D eigenvalue weighted by molar-refractivity contribution is 0.0941. The summed E-state index contributed by atoms with van der Waals surface area (Å²) >= 11 is 0. The molecule has 1 aromatic carbocycles. The monoisotopic (exact) mass is 416 g/mol. The molecule has 0 saturated carbocycles. The van der Waals surface area contributed by atoms with Crippen molar-refractivity contribution in [1.29, 1.82) is 0 Å². The van der Waals surface area contributed by atoms with Crippen molar-refractivity contribution in [3.05, 3.63) is 65.2 Å². The molecule has 4 rings (SSSR count). The molecule has 7 heteroatoms. The molecule has 1 amide bonds. The molecule has 0 aliphatic carbocycles. The van der Waals surface area contributed by atoms with E-state index in [-0.39, 0.29) is 11.9 Å². The van der Waals surface area contributed by atoms with Gasteiger partial charge in [0.15, 0.2) is 0 Å². The molecular formula is C24H28N6O. The van der Waals surface area contributed by atoms with Gasteiger partial charge >= 0.3 is 0 Å². The molecule has 3 heterocycles. The highest BCUT2D eigenvalue weighted by Gasteiger charge is 2.18. The summed E-state index contributed by atoms with van der Waals surface area (Å²) in [6.07, 6.45) is 4.48. The lowest BCUT2D eigenvalue weighted by atomic mass is 10.0. The number of aromatic nitrogens is 5. The third-order valence-corrected chi connectivity index (χ3v) is 5.76. The van der Waals surface area contributed by atoms with E-state index in [0.717, 1.165) is 46.5 Å². The first-order chi connectivity index (χ1) is 14.9. The highest BCUT2D eigenvalue weighted by atomic mass is 16.1. The number of nitrogens with zero attached hydrogens (tertiary/aromatic N) is 5. The van der Waals surface area contributed by atoms with Crippen LogP contribution in [-0.2, 0) is 20.0 Å². The summed E-state index contributed by atoms with van der Waals surface area (Å²) in [6.45, 7) is 8.92. The molecular weight excluding hydrogens is 388 g/mol. The summed E-state index contributed by atoms with van der Waals surface area (Å²) in [5.74, 6) is -0.102. The van der Waals surface area contributed by atoms with Crippen LogP contribution in [-0.4, -0.2) is 36.5 Å². The number of benzene rings is 1. The van der Waals surface area contributed by atoms with Crippen molar-refractivity contribution in [2.24, 2.45) is 7.05 Å². The van der Waals surface area contributed by atoms with Crippen molar-refractivity contribution < 1.29 is 4.79 Å². The topological polar surface area (TPSA) is 77.6 Å². The van der Waals surface area contributed by atoms with E-state index in [2.05, 4.69) is 22.4 Å². The lowest BCUT2D eigenvalue weighted by Gasteiger charge is -2.16. The quantitative estimate of drug-likeness (QED) is 0.518. The molecule has 1 atom stereocenters. The Balaban J connectivity index is 1.65. The van der Waals surface area contributed by atoms with Gasteiger partial charge in [-0.25, -0.2) is 4.98 Å². The molecule has 0 bridgehead atoms.